The monoisotopic (exact) mass is 257 g/mol. The fourth-order valence-electron chi connectivity index (χ4n) is 1.16. The van der Waals surface area contributed by atoms with Gasteiger partial charge in [-0.15, -0.1) is 0 Å². The van der Waals surface area contributed by atoms with Gasteiger partial charge in [0, 0.05) is 6.54 Å². The standard InChI is InChI=1S/C11H20N3O2P/c1-14(2)17(12,15)13-9-6-10-16-11-7-4-3-5-8-11/h3-5,7-8H,6,9-10H2,1-2H3,(H3,12,13,15). The summed E-state index contributed by atoms with van der Waals surface area (Å²) < 4.78 is 18.7. The first-order valence-electron chi connectivity index (χ1n) is 5.52. The highest BCUT2D eigenvalue weighted by Crippen LogP contribution is 2.32. The van der Waals surface area contributed by atoms with Gasteiger partial charge in [0.2, 0.25) is 0 Å². The van der Waals surface area contributed by atoms with Crippen molar-refractivity contribution in [3.63, 3.8) is 0 Å². The Morgan fingerprint density at radius 3 is 2.59 bits per heavy atom. The van der Waals surface area contributed by atoms with Crippen LogP contribution in [0.4, 0.5) is 0 Å². The molecule has 0 saturated carbocycles. The van der Waals surface area contributed by atoms with Crippen LogP contribution in [0.5, 0.6) is 5.75 Å². The van der Waals surface area contributed by atoms with E-state index in [0.717, 1.165) is 12.2 Å². The van der Waals surface area contributed by atoms with E-state index in [1.165, 1.54) is 4.67 Å². The third-order valence-electron chi connectivity index (χ3n) is 2.27. The van der Waals surface area contributed by atoms with Gasteiger partial charge in [0.25, 0.3) is 7.59 Å². The molecule has 1 aromatic rings. The maximum absolute atomic E-state index is 11.7. The van der Waals surface area contributed by atoms with E-state index in [4.69, 9.17) is 10.2 Å². The average Bonchev–Trinajstić information content (AvgIpc) is 2.29. The van der Waals surface area contributed by atoms with Crippen LogP contribution in [0.1, 0.15) is 6.42 Å². The topological polar surface area (TPSA) is 67.6 Å². The summed E-state index contributed by atoms with van der Waals surface area (Å²) in [5.74, 6) is 0.844. The number of rotatable bonds is 7. The normalized spacial score (nSPS) is 14.6. The minimum Gasteiger partial charge on any atom is -0.494 e. The molecule has 3 N–H and O–H groups in total. The molecule has 17 heavy (non-hydrogen) atoms. The van der Waals surface area contributed by atoms with Gasteiger partial charge < -0.3 is 4.74 Å². The summed E-state index contributed by atoms with van der Waals surface area (Å²) in [7, 11) is 0.529. The number of para-hydroxylation sites is 1. The number of ether oxygens (including phenoxy) is 1. The van der Waals surface area contributed by atoms with Crippen LogP contribution in [0.15, 0.2) is 30.3 Å². The third kappa shape index (κ3) is 5.33. The Morgan fingerprint density at radius 2 is 2.00 bits per heavy atom. The summed E-state index contributed by atoms with van der Waals surface area (Å²) in [5.41, 5.74) is 5.58. The second kappa shape index (κ2) is 6.77. The van der Waals surface area contributed by atoms with E-state index in [1.807, 2.05) is 30.3 Å². The smallest absolute Gasteiger partial charge is 0.278 e. The zero-order valence-electron chi connectivity index (χ0n) is 10.3. The molecule has 0 aliphatic heterocycles. The minimum atomic E-state index is -2.85. The van der Waals surface area contributed by atoms with E-state index < -0.39 is 7.59 Å². The molecule has 0 radical (unpaired) electrons. The van der Waals surface area contributed by atoms with Crippen LogP contribution in [-0.4, -0.2) is 31.9 Å². The van der Waals surface area contributed by atoms with Crippen LogP contribution in [0.3, 0.4) is 0 Å². The molecular formula is C11H20N3O2P. The van der Waals surface area contributed by atoms with E-state index in [1.54, 1.807) is 14.1 Å². The molecule has 1 aromatic carbocycles. The van der Waals surface area contributed by atoms with E-state index >= 15 is 0 Å². The second-order valence-corrected chi connectivity index (χ2v) is 6.26. The molecule has 0 aliphatic carbocycles. The fourth-order valence-corrected chi connectivity index (χ4v) is 1.92. The highest BCUT2D eigenvalue weighted by molar-refractivity contribution is 7.56. The quantitative estimate of drug-likeness (QED) is 0.574. The van der Waals surface area contributed by atoms with Crippen LogP contribution >= 0.6 is 7.59 Å². The van der Waals surface area contributed by atoms with Gasteiger partial charge >= 0.3 is 0 Å². The molecule has 1 rings (SSSR count). The second-order valence-electron chi connectivity index (χ2n) is 3.89. The van der Waals surface area contributed by atoms with Crippen molar-refractivity contribution in [2.24, 2.45) is 5.50 Å². The molecule has 0 bridgehead atoms. The predicted octanol–water partition coefficient (Wildman–Crippen LogP) is 1.67. The lowest BCUT2D eigenvalue weighted by Crippen LogP contribution is -2.28. The van der Waals surface area contributed by atoms with Gasteiger partial charge in [-0.2, -0.15) is 0 Å². The van der Waals surface area contributed by atoms with Crippen molar-refractivity contribution in [3.8, 4) is 5.75 Å². The van der Waals surface area contributed by atoms with Crippen molar-refractivity contribution in [1.82, 2.24) is 9.76 Å². The molecule has 96 valence electrons. The van der Waals surface area contributed by atoms with E-state index in [2.05, 4.69) is 5.09 Å². The largest absolute Gasteiger partial charge is 0.494 e. The third-order valence-corrected chi connectivity index (χ3v) is 4.13. The first-order valence-corrected chi connectivity index (χ1v) is 7.24. The van der Waals surface area contributed by atoms with Crippen molar-refractivity contribution in [1.29, 1.82) is 0 Å². The van der Waals surface area contributed by atoms with Crippen molar-refractivity contribution >= 4 is 7.59 Å². The fraction of sp³-hybridized carbons (Fsp3) is 0.455. The molecule has 0 aliphatic rings. The number of hydrogen-bond donors (Lipinski definition) is 2. The highest BCUT2D eigenvalue weighted by Gasteiger charge is 2.16. The highest BCUT2D eigenvalue weighted by atomic mass is 31.2. The SMILES string of the molecule is CN(C)P(N)(=O)NCCCOc1ccccc1. The van der Waals surface area contributed by atoms with Gasteiger partial charge in [-0.25, -0.2) is 9.76 Å². The summed E-state index contributed by atoms with van der Waals surface area (Å²) in [5, 5.41) is 2.82. The van der Waals surface area contributed by atoms with E-state index in [-0.39, 0.29) is 0 Å². The van der Waals surface area contributed by atoms with Crippen molar-refractivity contribution in [3.05, 3.63) is 30.3 Å². The summed E-state index contributed by atoms with van der Waals surface area (Å²) in [6.07, 6.45) is 0.754. The first kappa shape index (κ1) is 14.2. The molecule has 0 amide bonds. The number of nitrogens with one attached hydrogen (secondary N) is 1. The Bertz CT molecular complexity index is 370. The molecule has 0 heterocycles. The predicted molar refractivity (Wildman–Crippen MR) is 70.0 cm³/mol. The molecular weight excluding hydrogens is 237 g/mol. The van der Waals surface area contributed by atoms with Gasteiger partial charge in [0.15, 0.2) is 0 Å². The van der Waals surface area contributed by atoms with Gasteiger partial charge in [0.1, 0.15) is 5.75 Å². The lowest BCUT2D eigenvalue weighted by molar-refractivity contribution is 0.311. The maximum Gasteiger partial charge on any atom is 0.278 e. The van der Waals surface area contributed by atoms with E-state index in [0.29, 0.717) is 13.2 Å². The Morgan fingerprint density at radius 1 is 1.35 bits per heavy atom. The van der Waals surface area contributed by atoms with Crippen LogP contribution in [0.2, 0.25) is 0 Å². The van der Waals surface area contributed by atoms with Crippen LogP contribution in [0.25, 0.3) is 0 Å². The molecule has 5 nitrogen and oxygen atoms in total. The number of nitrogens with zero attached hydrogens (tertiary/aromatic N) is 1. The minimum absolute atomic E-state index is 0.568. The summed E-state index contributed by atoms with van der Waals surface area (Å²) in [4.78, 5) is 0. The molecule has 0 fully saturated rings. The first-order chi connectivity index (χ1) is 8.02. The van der Waals surface area contributed by atoms with Crippen LogP contribution in [-0.2, 0) is 4.57 Å². The lowest BCUT2D eigenvalue weighted by atomic mass is 10.3. The molecule has 0 saturated heterocycles. The average molecular weight is 257 g/mol. The Hall–Kier alpha value is -0.870. The Labute approximate surface area is 102 Å². The number of nitrogens with two attached hydrogens (primary N) is 1. The van der Waals surface area contributed by atoms with Gasteiger partial charge in [-0.1, -0.05) is 18.2 Å². The van der Waals surface area contributed by atoms with Crippen LogP contribution in [0, 0.1) is 0 Å². The molecule has 0 aromatic heterocycles. The summed E-state index contributed by atoms with van der Waals surface area (Å²) >= 11 is 0. The van der Waals surface area contributed by atoms with Gasteiger partial charge in [-0.3, -0.25) is 10.1 Å². The van der Waals surface area contributed by atoms with Crippen LogP contribution < -0.4 is 15.3 Å². The lowest BCUT2D eigenvalue weighted by Gasteiger charge is -2.20. The zero-order chi connectivity index (χ0) is 12.7. The van der Waals surface area contributed by atoms with E-state index in [9.17, 15) is 4.57 Å². The summed E-state index contributed by atoms with van der Waals surface area (Å²) in [6, 6.07) is 9.60. The molecule has 1 unspecified atom stereocenters. The van der Waals surface area contributed by atoms with Crippen molar-refractivity contribution in [2.45, 2.75) is 6.42 Å². The molecule has 1 atom stereocenters. The Kier molecular flexibility index (Phi) is 5.65. The molecule has 6 heteroatoms. The number of benzene rings is 1. The maximum atomic E-state index is 11.7. The zero-order valence-corrected chi connectivity index (χ0v) is 11.2. The molecule has 0 spiro atoms. The summed E-state index contributed by atoms with van der Waals surface area (Å²) in [6.45, 7) is 1.14. The van der Waals surface area contributed by atoms with Gasteiger partial charge in [0.05, 0.1) is 6.61 Å². The van der Waals surface area contributed by atoms with Gasteiger partial charge in [-0.05, 0) is 32.6 Å². The van der Waals surface area contributed by atoms with Crippen molar-refractivity contribution < 1.29 is 9.30 Å². The Balaban J connectivity index is 2.16. The number of hydrogen-bond acceptors (Lipinski definition) is 2. The van der Waals surface area contributed by atoms with Crippen molar-refractivity contribution in [2.75, 3.05) is 27.2 Å².